The zero-order valence-electron chi connectivity index (χ0n) is 17.5. The third kappa shape index (κ3) is 6.44. The number of carboxylic acid groups (broad SMARTS) is 1. The molecule has 1 fully saturated rings. The number of hydrogen-bond acceptors (Lipinski definition) is 4. The second-order valence-electron chi connectivity index (χ2n) is 7.61. The van der Waals surface area contributed by atoms with Crippen LogP contribution in [0.4, 0.5) is 4.79 Å². The van der Waals surface area contributed by atoms with Crippen LogP contribution in [-0.4, -0.2) is 56.1 Å². The zero-order chi connectivity index (χ0) is 23.1. The molecule has 3 rings (SSSR count). The van der Waals surface area contributed by atoms with Gasteiger partial charge in [0.15, 0.2) is 0 Å². The van der Waals surface area contributed by atoms with E-state index in [0.29, 0.717) is 11.4 Å². The van der Waals surface area contributed by atoms with Crippen molar-refractivity contribution in [1.29, 1.82) is 0 Å². The van der Waals surface area contributed by atoms with Crippen molar-refractivity contribution in [2.45, 2.75) is 36.6 Å². The van der Waals surface area contributed by atoms with Gasteiger partial charge in [0.25, 0.3) is 0 Å². The van der Waals surface area contributed by atoms with E-state index in [-0.39, 0.29) is 23.9 Å². The zero-order valence-corrected chi connectivity index (χ0v) is 19.0. The highest BCUT2D eigenvalue weighted by Gasteiger charge is 2.25. The first-order valence-corrected chi connectivity index (χ1v) is 12.3. The number of hydrogen-bond donors (Lipinski definition) is 3. The summed E-state index contributed by atoms with van der Waals surface area (Å²) in [4.78, 5) is 25.2. The maximum absolute atomic E-state index is 12.7. The lowest BCUT2D eigenvalue weighted by atomic mass is 10.1. The summed E-state index contributed by atoms with van der Waals surface area (Å²) < 4.78 is 27.6. The Morgan fingerprint density at radius 3 is 2.12 bits per heavy atom. The number of nitrogens with one attached hydrogen (secondary N) is 2. The van der Waals surface area contributed by atoms with Crippen molar-refractivity contribution in [3.05, 3.63) is 53.6 Å². The van der Waals surface area contributed by atoms with Gasteiger partial charge < -0.3 is 15.3 Å². The smallest absolute Gasteiger partial charge is 0.321 e. The Morgan fingerprint density at radius 1 is 1.00 bits per heavy atom. The third-order valence-electron chi connectivity index (χ3n) is 5.28. The second kappa shape index (κ2) is 10.8. The first kappa shape index (κ1) is 24.0. The Kier molecular flexibility index (Phi) is 8.11. The number of nitrogens with zero attached hydrogens (tertiary/aromatic N) is 1. The Balaban J connectivity index is 1.56. The number of carbonyl (C=O) groups excluding carboxylic acids is 1. The molecule has 8 nitrogen and oxygen atoms in total. The number of aliphatic carboxylic acids is 1. The lowest BCUT2D eigenvalue weighted by molar-refractivity contribution is -0.139. The van der Waals surface area contributed by atoms with Gasteiger partial charge >= 0.3 is 12.0 Å². The molecular formula is C22H26ClN3O5S. The molecule has 1 heterocycles. The molecule has 0 unspecified atom stereocenters. The maximum Gasteiger partial charge on any atom is 0.321 e. The molecule has 0 aliphatic carbocycles. The first-order chi connectivity index (χ1) is 15.3. The monoisotopic (exact) mass is 479 g/mol. The molecule has 1 aliphatic heterocycles. The van der Waals surface area contributed by atoms with Gasteiger partial charge in [-0.25, -0.2) is 13.2 Å². The highest BCUT2D eigenvalue weighted by molar-refractivity contribution is 7.89. The Hall–Kier alpha value is -2.62. The summed E-state index contributed by atoms with van der Waals surface area (Å²) in [6.07, 6.45) is 2.35. The second-order valence-corrected chi connectivity index (χ2v) is 9.76. The first-order valence-electron chi connectivity index (χ1n) is 10.4. The molecular weight excluding hydrogens is 454 g/mol. The van der Waals surface area contributed by atoms with Crippen molar-refractivity contribution in [3.8, 4) is 11.1 Å². The van der Waals surface area contributed by atoms with Crippen LogP contribution in [0.1, 0.15) is 25.7 Å². The number of carboxylic acids is 1. The number of amides is 2. The van der Waals surface area contributed by atoms with E-state index in [4.69, 9.17) is 11.6 Å². The molecule has 2 amide bonds. The normalized spacial score (nSPS) is 14.8. The molecule has 0 aromatic heterocycles. The number of benzene rings is 2. The van der Waals surface area contributed by atoms with Crippen LogP contribution < -0.4 is 10.0 Å². The van der Waals surface area contributed by atoms with Crippen molar-refractivity contribution < 1.29 is 23.1 Å². The van der Waals surface area contributed by atoms with E-state index < -0.39 is 22.0 Å². The molecule has 3 N–H and O–H groups in total. The van der Waals surface area contributed by atoms with E-state index in [9.17, 15) is 23.1 Å². The molecule has 32 heavy (non-hydrogen) atoms. The summed E-state index contributed by atoms with van der Waals surface area (Å²) in [6, 6.07) is 11.9. The van der Waals surface area contributed by atoms with Crippen LogP contribution in [0.15, 0.2) is 53.4 Å². The average molecular weight is 480 g/mol. The van der Waals surface area contributed by atoms with Crippen LogP contribution >= 0.6 is 11.6 Å². The van der Waals surface area contributed by atoms with E-state index in [1.165, 1.54) is 12.1 Å². The van der Waals surface area contributed by atoms with Gasteiger partial charge in [-0.15, -0.1) is 0 Å². The summed E-state index contributed by atoms with van der Waals surface area (Å²) in [5, 5.41) is 12.8. The Labute approximate surface area is 192 Å². The molecule has 1 aliphatic rings. The number of likely N-dealkylation sites (tertiary alicyclic amines) is 1. The molecule has 0 spiro atoms. The molecule has 10 heteroatoms. The minimum absolute atomic E-state index is 0.0243. The lowest BCUT2D eigenvalue weighted by Crippen LogP contribution is -2.42. The third-order valence-corrected chi connectivity index (χ3v) is 7.02. The van der Waals surface area contributed by atoms with Crippen LogP contribution in [-0.2, 0) is 14.8 Å². The van der Waals surface area contributed by atoms with Crippen molar-refractivity contribution in [3.63, 3.8) is 0 Å². The fourth-order valence-electron chi connectivity index (χ4n) is 3.49. The summed E-state index contributed by atoms with van der Waals surface area (Å²) >= 11 is 5.89. The standard InChI is InChI=1S/C22H26ClN3O5S/c23-18-9-5-16(6-10-18)17-7-11-19(12-8-17)32(30,31)25-20(21(27)28)4-3-13-24-22(29)26-14-1-2-15-26/h5-12,20,25H,1-4,13-15H2,(H,24,29)(H,27,28)/t20-/m0/s1. The van der Waals surface area contributed by atoms with Crippen molar-refractivity contribution in [2.75, 3.05) is 19.6 Å². The highest BCUT2D eigenvalue weighted by atomic mass is 35.5. The van der Waals surface area contributed by atoms with Crippen molar-refractivity contribution >= 4 is 33.6 Å². The molecule has 0 saturated carbocycles. The number of carbonyl (C=O) groups is 2. The fraction of sp³-hybridized carbons (Fsp3) is 0.364. The quantitative estimate of drug-likeness (QED) is 0.477. The SMILES string of the molecule is O=C(O)[C@H](CCCNC(=O)N1CCCC1)NS(=O)(=O)c1ccc(-c2ccc(Cl)cc2)cc1. The molecule has 1 atom stereocenters. The largest absolute Gasteiger partial charge is 0.480 e. The average Bonchev–Trinajstić information content (AvgIpc) is 3.31. The maximum atomic E-state index is 12.7. The molecule has 1 saturated heterocycles. The van der Waals surface area contributed by atoms with Gasteiger partial charge in [-0.3, -0.25) is 4.79 Å². The van der Waals surface area contributed by atoms with Crippen molar-refractivity contribution in [1.82, 2.24) is 14.9 Å². The Bertz CT molecular complexity index is 1040. The molecule has 0 radical (unpaired) electrons. The van der Waals surface area contributed by atoms with Gasteiger partial charge in [-0.1, -0.05) is 35.9 Å². The van der Waals surface area contributed by atoms with Crippen LogP contribution in [0.5, 0.6) is 0 Å². The number of sulfonamides is 1. The summed E-state index contributed by atoms with van der Waals surface area (Å²) in [6.45, 7) is 1.72. The van der Waals surface area contributed by atoms with Crippen LogP contribution in [0.3, 0.4) is 0 Å². The minimum atomic E-state index is -4.02. The van der Waals surface area contributed by atoms with Gasteiger partial charge in [-0.05, 0) is 61.1 Å². The number of halogens is 1. The lowest BCUT2D eigenvalue weighted by Gasteiger charge is -2.17. The van der Waals surface area contributed by atoms with Crippen molar-refractivity contribution in [2.24, 2.45) is 0 Å². The predicted octanol–water partition coefficient (Wildman–Crippen LogP) is 3.32. The summed E-state index contributed by atoms with van der Waals surface area (Å²) in [5.74, 6) is -1.27. The van der Waals surface area contributed by atoms with E-state index >= 15 is 0 Å². The molecule has 172 valence electrons. The van der Waals surface area contributed by atoms with E-state index in [2.05, 4.69) is 10.0 Å². The fourth-order valence-corrected chi connectivity index (χ4v) is 4.84. The van der Waals surface area contributed by atoms with Gasteiger partial charge in [-0.2, -0.15) is 4.72 Å². The summed E-state index contributed by atoms with van der Waals surface area (Å²) in [5.41, 5.74) is 1.69. The van der Waals surface area contributed by atoms with Crippen LogP contribution in [0, 0.1) is 0 Å². The molecule has 0 bridgehead atoms. The van der Waals surface area contributed by atoms with Gasteiger partial charge in [0.2, 0.25) is 10.0 Å². The topological polar surface area (TPSA) is 116 Å². The predicted molar refractivity (Wildman–Crippen MR) is 122 cm³/mol. The van der Waals surface area contributed by atoms with E-state index in [1.807, 2.05) is 12.1 Å². The van der Waals surface area contributed by atoms with Crippen LogP contribution in [0.2, 0.25) is 5.02 Å². The number of urea groups is 1. The van der Waals surface area contributed by atoms with Crippen LogP contribution in [0.25, 0.3) is 11.1 Å². The summed E-state index contributed by atoms with van der Waals surface area (Å²) in [7, 11) is -4.02. The Morgan fingerprint density at radius 2 is 1.56 bits per heavy atom. The van der Waals surface area contributed by atoms with E-state index in [0.717, 1.165) is 37.1 Å². The number of rotatable bonds is 9. The molecule has 2 aromatic rings. The van der Waals surface area contributed by atoms with E-state index in [1.54, 1.807) is 29.2 Å². The van der Waals surface area contributed by atoms with Gasteiger partial charge in [0.1, 0.15) is 6.04 Å². The van der Waals surface area contributed by atoms with Gasteiger partial charge in [0, 0.05) is 24.7 Å². The van der Waals surface area contributed by atoms with Gasteiger partial charge in [0.05, 0.1) is 4.90 Å². The minimum Gasteiger partial charge on any atom is -0.480 e. The highest BCUT2D eigenvalue weighted by Crippen LogP contribution is 2.23. The molecule has 2 aromatic carbocycles.